The second-order valence-electron chi connectivity index (χ2n) is 6.54. The van der Waals surface area contributed by atoms with Gasteiger partial charge in [-0.3, -0.25) is 9.59 Å². The first-order chi connectivity index (χ1) is 12.1. The van der Waals surface area contributed by atoms with Gasteiger partial charge in [-0.05, 0) is 55.2 Å². The van der Waals surface area contributed by atoms with E-state index in [0.717, 1.165) is 41.9 Å². The van der Waals surface area contributed by atoms with Crippen LogP contribution in [0.25, 0.3) is 0 Å². The van der Waals surface area contributed by atoms with Crippen LogP contribution in [0.4, 0.5) is 11.4 Å². The highest BCUT2D eigenvalue weighted by Gasteiger charge is 2.37. The number of nitrogens with one attached hydrogen (secondary N) is 1. The first kappa shape index (κ1) is 15.7. The zero-order valence-electron chi connectivity index (χ0n) is 14.1. The zero-order chi connectivity index (χ0) is 17.4. The molecule has 2 aromatic rings. The second-order valence-corrected chi connectivity index (χ2v) is 6.54. The number of rotatable bonds is 4. The Kier molecular flexibility index (Phi) is 3.92. The van der Waals surface area contributed by atoms with E-state index in [2.05, 4.69) is 5.32 Å². The molecule has 128 valence electrons. The van der Waals surface area contributed by atoms with E-state index in [4.69, 9.17) is 4.74 Å². The Morgan fingerprint density at radius 2 is 2.08 bits per heavy atom. The Labute approximate surface area is 146 Å². The lowest BCUT2D eigenvalue weighted by atomic mass is 9.96. The van der Waals surface area contributed by atoms with E-state index >= 15 is 0 Å². The molecule has 0 saturated carbocycles. The summed E-state index contributed by atoms with van der Waals surface area (Å²) in [6.45, 7) is 2.68. The number of anilines is 2. The van der Waals surface area contributed by atoms with E-state index in [-0.39, 0.29) is 24.3 Å². The largest absolute Gasteiger partial charge is 0.484 e. The molecule has 2 aromatic carbocycles. The standard InChI is InChI=1S/C20H20N2O3/c1-13-17-11-15(10-14-6-5-9-22(19(14)17)20(13)24)21-18(23)12-25-16-7-3-2-4-8-16/h2-4,7-8,10-11,13H,5-6,9,12H2,1H3,(H,21,23)/t13-/m0/s1. The maximum atomic E-state index is 12.4. The van der Waals surface area contributed by atoms with Crippen molar-refractivity contribution in [3.8, 4) is 5.75 Å². The van der Waals surface area contributed by atoms with Crippen LogP contribution in [0.5, 0.6) is 5.75 Å². The molecule has 5 nitrogen and oxygen atoms in total. The molecule has 2 aliphatic heterocycles. The molecule has 0 aromatic heterocycles. The third-order valence-corrected chi connectivity index (χ3v) is 4.82. The van der Waals surface area contributed by atoms with Gasteiger partial charge in [-0.1, -0.05) is 18.2 Å². The topological polar surface area (TPSA) is 58.6 Å². The number of para-hydroxylation sites is 1. The molecule has 25 heavy (non-hydrogen) atoms. The van der Waals surface area contributed by atoms with Crippen LogP contribution in [0.3, 0.4) is 0 Å². The summed E-state index contributed by atoms with van der Waals surface area (Å²) in [5.74, 6) is 0.466. The van der Waals surface area contributed by atoms with Gasteiger partial charge in [0.1, 0.15) is 5.75 Å². The average Bonchev–Trinajstić information content (AvgIpc) is 2.88. The van der Waals surface area contributed by atoms with Gasteiger partial charge in [-0.25, -0.2) is 0 Å². The maximum absolute atomic E-state index is 12.4. The van der Waals surface area contributed by atoms with Gasteiger partial charge in [0.2, 0.25) is 5.91 Å². The number of aryl methyl sites for hydroxylation is 1. The molecular weight excluding hydrogens is 316 g/mol. The molecule has 4 rings (SSSR count). The van der Waals surface area contributed by atoms with Crippen LogP contribution in [0, 0.1) is 0 Å². The first-order valence-electron chi connectivity index (χ1n) is 8.59. The van der Waals surface area contributed by atoms with Crippen LogP contribution in [-0.4, -0.2) is 25.0 Å². The predicted molar refractivity (Wildman–Crippen MR) is 96.1 cm³/mol. The van der Waals surface area contributed by atoms with Crippen LogP contribution >= 0.6 is 0 Å². The number of ether oxygens (including phenoxy) is 1. The Hall–Kier alpha value is -2.82. The normalized spacial score (nSPS) is 18.0. The van der Waals surface area contributed by atoms with Gasteiger partial charge in [0, 0.05) is 12.2 Å². The summed E-state index contributed by atoms with van der Waals surface area (Å²) < 4.78 is 5.48. The Balaban J connectivity index is 1.50. The van der Waals surface area contributed by atoms with Gasteiger partial charge in [0.05, 0.1) is 11.6 Å². The van der Waals surface area contributed by atoms with Crippen molar-refractivity contribution in [2.45, 2.75) is 25.7 Å². The van der Waals surface area contributed by atoms with Gasteiger partial charge in [0.15, 0.2) is 6.61 Å². The first-order valence-corrected chi connectivity index (χ1v) is 8.59. The lowest BCUT2D eigenvalue weighted by Crippen LogP contribution is -2.32. The van der Waals surface area contributed by atoms with Crippen molar-refractivity contribution < 1.29 is 14.3 Å². The summed E-state index contributed by atoms with van der Waals surface area (Å²) in [5.41, 5.74) is 3.95. The number of benzene rings is 2. The van der Waals surface area contributed by atoms with Crippen LogP contribution < -0.4 is 15.0 Å². The van der Waals surface area contributed by atoms with E-state index < -0.39 is 0 Å². The fourth-order valence-corrected chi connectivity index (χ4v) is 3.63. The molecule has 0 spiro atoms. The lowest BCUT2D eigenvalue weighted by Gasteiger charge is -2.26. The highest BCUT2D eigenvalue weighted by Crippen LogP contribution is 2.44. The molecule has 5 heteroatoms. The summed E-state index contributed by atoms with van der Waals surface area (Å²) >= 11 is 0. The highest BCUT2D eigenvalue weighted by atomic mass is 16.5. The Morgan fingerprint density at radius 3 is 2.88 bits per heavy atom. The van der Waals surface area contributed by atoms with E-state index in [1.165, 1.54) is 0 Å². The number of amides is 2. The lowest BCUT2D eigenvalue weighted by molar-refractivity contribution is -0.119. The fourth-order valence-electron chi connectivity index (χ4n) is 3.63. The minimum absolute atomic E-state index is 0.0446. The zero-order valence-corrected chi connectivity index (χ0v) is 14.1. The molecule has 0 radical (unpaired) electrons. The molecule has 0 bridgehead atoms. The molecule has 0 fully saturated rings. The Morgan fingerprint density at radius 1 is 1.28 bits per heavy atom. The van der Waals surface area contributed by atoms with Crippen molar-refractivity contribution in [1.82, 2.24) is 0 Å². The average molecular weight is 336 g/mol. The van der Waals surface area contributed by atoms with Gasteiger partial charge in [-0.2, -0.15) is 0 Å². The summed E-state index contributed by atoms with van der Waals surface area (Å²) in [6.07, 6.45) is 1.89. The molecule has 1 N–H and O–H groups in total. The summed E-state index contributed by atoms with van der Waals surface area (Å²) in [7, 11) is 0. The molecular formula is C20H20N2O3. The smallest absolute Gasteiger partial charge is 0.262 e. The van der Waals surface area contributed by atoms with Crippen molar-refractivity contribution in [2.75, 3.05) is 23.4 Å². The SMILES string of the molecule is C[C@@H]1C(=O)N2CCCc3cc(NC(=O)COc4ccccc4)cc1c32. The predicted octanol–water partition coefficient (Wildman–Crippen LogP) is 3.10. The van der Waals surface area contributed by atoms with Crippen molar-refractivity contribution in [3.05, 3.63) is 53.6 Å². The molecule has 2 amide bonds. The monoisotopic (exact) mass is 336 g/mol. The third kappa shape index (κ3) is 2.86. The van der Waals surface area contributed by atoms with Crippen LogP contribution in [0.2, 0.25) is 0 Å². The van der Waals surface area contributed by atoms with E-state index in [0.29, 0.717) is 5.75 Å². The van der Waals surface area contributed by atoms with Crippen molar-refractivity contribution in [2.24, 2.45) is 0 Å². The maximum Gasteiger partial charge on any atom is 0.262 e. The number of hydrogen-bond acceptors (Lipinski definition) is 3. The van der Waals surface area contributed by atoms with Crippen molar-refractivity contribution >= 4 is 23.2 Å². The molecule has 0 saturated heterocycles. The van der Waals surface area contributed by atoms with Gasteiger partial charge < -0.3 is 15.0 Å². The minimum Gasteiger partial charge on any atom is -0.484 e. The van der Waals surface area contributed by atoms with Crippen LogP contribution in [0.1, 0.15) is 30.4 Å². The van der Waals surface area contributed by atoms with E-state index in [1.54, 1.807) is 0 Å². The summed E-state index contributed by atoms with van der Waals surface area (Å²) in [6, 6.07) is 13.2. The van der Waals surface area contributed by atoms with Crippen LogP contribution in [0.15, 0.2) is 42.5 Å². The highest BCUT2D eigenvalue weighted by molar-refractivity contribution is 6.06. The van der Waals surface area contributed by atoms with Crippen molar-refractivity contribution in [1.29, 1.82) is 0 Å². The summed E-state index contributed by atoms with van der Waals surface area (Å²) in [4.78, 5) is 26.5. The molecule has 2 heterocycles. The minimum atomic E-state index is -0.208. The van der Waals surface area contributed by atoms with Crippen molar-refractivity contribution in [3.63, 3.8) is 0 Å². The second kappa shape index (κ2) is 6.24. The van der Waals surface area contributed by atoms with E-state index in [1.807, 2.05) is 54.3 Å². The summed E-state index contributed by atoms with van der Waals surface area (Å²) in [5, 5.41) is 2.90. The number of hydrogen-bond donors (Lipinski definition) is 1. The number of nitrogens with zero attached hydrogens (tertiary/aromatic N) is 1. The third-order valence-electron chi connectivity index (χ3n) is 4.82. The van der Waals surface area contributed by atoms with E-state index in [9.17, 15) is 9.59 Å². The fraction of sp³-hybridized carbons (Fsp3) is 0.300. The van der Waals surface area contributed by atoms with Crippen LogP contribution in [-0.2, 0) is 16.0 Å². The molecule has 0 unspecified atom stereocenters. The number of carbonyl (C=O) groups is 2. The molecule has 0 aliphatic carbocycles. The molecule has 2 aliphatic rings. The number of carbonyl (C=O) groups excluding carboxylic acids is 2. The molecule has 1 atom stereocenters. The Bertz CT molecular complexity index is 832. The quantitative estimate of drug-likeness (QED) is 0.933. The van der Waals surface area contributed by atoms with Gasteiger partial charge in [-0.15, -0.1) is 0 Å². The van der Waals surface area contributed by atoms with Gasteiger partial charge >= 0.3 is 0 Å². The van der Waals surface area contributed by atoms with Gasteiger partial charge in [0.25, 0.3) is 5.91 Å².